The maximum Gasteiger partial charge on any atom is 0.329 e. The standard InChI is InChI=1S/C11H20O6S/c1-5-16-11(17-6-2)8(3)9(7-10(12)13)18(4,14)15/h7-8,11H,5-6H2,1-4H3,(H,12,13). The number of rotatable bonds is 8. The van der Waals surface area contributed by atoms with E-state index in [1.165, 1.54) is 0 Å². The van der Waals surface area contributed by atoms with Gasteiger partial charge in [-0.3, -0.25) is 0 Å². The first-order chi connectivity index (χ1) is 8.23. The lowest BCUT2D eigenvalue weighted by Gasteiger charge is -2.24. The van der Waals surface area contributed by atoms with Crippen LogP contribution < -0.4 is 0 Å². The van der Waals surface area contributed by atoms with Gasteiger partial charge in [-0.1, -0.05) is 6.92 Å². The molecule has 0 saturated heterocycles. The normalized spacial score (nSPS) is 14.8. The zero-order valence-corrected chi connectivity index (χ0v) is 11.9. The summed E-state index contributed by atoms with van der Waals surface area (Å²) in [6.07, 6.45) is 0.874. The Bertz CT molecular complexity index is 392. The summed E-state index contributed by atoms with van der Waals surface area (Å²) < 4.78 is 33.7. The van der Waals surface area contributed by atoms with Crippen LogP contribution in [0.5, 0.6) is 0 Å². The van der Waals surface area contributed by atoms with Gasteiger partial charge in [-0.15, -0.1) is 0 Å². The van der Waals surface area contributed by atoms with E-state index in [0.29, 0.717) is 19.3 Å². The lowest BCUT2D eigenvalue weighted by molar-refractivity contribution is -0.155. The van der Waals surface area contributed by atoms with Gasteiger partial charge in [0.15, 0.2) is 16.1 Å². The highest BCUT2D eigenvalue weighted by Gasteiger charge is 2.28. The predicted octanol–water partition coefficient (Wildman–Crippen LogP) is 1.03. The summed E-state index contributed by atoms with van der Waals surface area (Å²) in [6, 6.07) is 0. The fraction of sp³-hybridized carbons (Fsp3) is 0.727. The first-order valence-electron chi connectivity index (χ1n) is 5.61. The molecule has 0 amide bonds. The number of hydrogen-bond acceptors (Lipinski definition) is 5. The van der Waals surface area contributed by atoms with Crippen molar-refractivity contribution in [1.82, 2.24) is 0 Å². The molecule has 0 aromatic heterocycles. The molecule has 7 heteroatoms. The van der Waals surface area contributed by atoms with Crippen LogP contribution in [0.1, 0.15) is 20.8 Å². The Hall–Kier alpha value is -0.920. The smallest absolute Gasteiger partial charge is 0.329 e. The van der Waals surface area contributed by atoms with E-state index in [2.05, 4.69) is 0 Å². The van der Waals surface area contributed by atoms with Crippen molar-refractivity contribution in [3.8, 4) is 0 Å². The van der Waals surface area contributed by atoms with Crippen molar-refractivity contribution in [1.29, 1.82) is 0 Å². The molecule has 106 valence electrons. The molecule has 1 unspecified atom stereocenters. The highest BCUT2D eigenvalue weighted by Crippen LogP contribution is 2.23. The molecular weight excluding hydrogens is 260 g/mol. The molecule has 0 aromatic rings. The molecule has 18 heavy (non-hydrogen) atoms. The average molecular weight is 280 g/mol. The fourth-order valence-electron chi connectivity index (χ4n) is 1.50. The Kier molecular flexibility index (Phi) is 7.12. The van der Waals surface area contributed by atoms with Gasteiger partial charge < -0.3 is 14.6 Å². The van der Waals surface area contributed by atoms with Crippen molar-refractivity contribution >= 4 is 15.8 Å². The SMILES string of the molecule is CCOC(OCC)C(C)C(=CC(=O)O)S(C)(=O)=O. The zero-order chi connectivity index (χ0) is 14.3. The summed E-state index contributed by atoms with van der Waals surface area (Å²) in [5.41, 5.74) is 0. The minimum absolute atomic E-state index is 0.207. The Balaban J connectivity index is 5.29. The Morgan fingerprint density at radius 2 is 1.72 bits per heavy atom. The van der Waals surface area contributed by atoms with E-state index in [-0.39, 0.29) is 4.91 Å². The largest absolute Gasteiger partial charge is 0.478 e. The first kappa shape index (κ1) is 17.1. The molecule has 0 rings (SSSR count). The third-order valence-corrected chi connectivity index (χ3v) is 3.56. The third kappa shape index (κ3) is 5.61. The van der Waals surface area contributed by atoms with Gasteiger partial charge in [0.05, 0.1) is 4.91 Å². The molecule has 0 bridgehead atoms. The van der Waals surface area contributed by atoms with Gasteiger partial charge in [0.1, 0.15) is 0 Å². The Morgan fingerprint density at radius 1 is 1.28 bits per heavy atom. The van der Waals surface area contributed by atoms with Crippen LogP contribution in [0.4, 0.5) is 0 Å². The number of ether oxygens (including phenoxy) is 2. The van der Waals surface area contributed by atoms with Crippen LogP contribution in [0.2, 0.25) is 0 Å². The molecule has 0 heterocycles. The van der Waals surface area contributed by atoms with Crippen LogP contribution >= 0.6 is 0 Å². The van der Waals surface area contributed by atoms with E-state index in [1.807, 2.05) is 0 Å². The van der Waals surface area contributed by atoms with Gasteiger partial charge in [-0.2, -0.15) is 0 Å². The van der Waals surface area contributed by atoms with E-state index < -0.39 is 28.0 Å². The van der Waals surface area contributed by atoms with Gasteiger partial charge in [0, 0.05) is 31.5 Å². The summed E-state index contributed by atoms with van der Waals surface area (Å²) in [5, 5.41) is 8.72. The lowest BCUT2D eigenvalue weighted by Crippen LogP contribution is -2.29. The van der Waals surface area contributed by atoms with Crippen LogP contribution in [-0.2, 0) is 24.1 Å². The molecule has 0 aliphatic heterocycles. The molecule has 1 N–H and O–H groups in total. The molecule has 1 atom stereocenters. The Labute approximate surface area is 108 Å². The number of carbonyl (C=O) groups is 1. The van der Waals surface area contributed by atoms with E-state index in [9.17, 15) is 13.2 Å². The molecule has 0 aromatic carbocycles. The third-order valence-electron chi connectivity index (χ3n) is 2.21. The molecule has 0 fully saturated rings. The van der Waals surface area contributed by atoms with Crippen LogP contribution in [0.15, 0.2) is 11.0 Å². The quantitative estimate of drug-likeness (QED) is 0.527. The second-order valence-corrected chi connectivity index (χ2v) is 5.74. The number of hydrogen-bond donors (Lipinski definition) is 1. The number of sulfone groups is 1. The number of aliphatic carboxylic acids is 1. The van der Waals surface area contributed by atoms with Crippen LogP contribution in [0.25, 0.3) is 0 Å². The second-order valence-electron chi connectivity index (χ2n) is 3.72. The average Bonchev–Trinajstić information content (AvgIpc) is 2.23. The number of carboxylic acids is 1. The van der Waals surface area contributed by atoms with Gasteiger partial charge in [0.25, 0.3) is 0 Å². The maximum absolute atomic E-state index is 11.6. The molecule has 0 radical (unpaired) electrons. The van der Waals surface area contributed by atoms with Crippen molar-refractivity contribution in [2.75, 3.05) is 19.5 Å². The van der Waals surface area contributed by atoms with Crippen LogP contribution in [0.3, 0.4) is 0 Å². The van der Waals surface area contributed by atoms with Crippen molar-refractivity contribution in [3.63, 3.8) is 0 Å². The summed E-state index contributed by atoms with van der Waals surface area (Å²) in [4.78, 5) is 10.5. The Morgan fingerprint density at radius 3 is 2.00 bits per heavy atom. The summed E-state index contributed by atoms with van der Waals surface area (Å²) in [7, 11) is -3.62. The highest BCUT2D eigenvalue weighted by atomic mass is 32.2. The summed E-state index contributed by atoms with van der Waals surface area (Å²) in [5.74, 6) is -2.00. The van der Waals surface area contributed by atoms with Crippen LogP contribution in [0, 0.1) is 5.92 Å². The first-order valence-corrected chi connectivity index (χ1v) is 7.50. The minimum Gasteiger partial charge on any atom is -0.478 e. The molecule has 0 aliphatic carbocycles. The molecule has 0 aliphatic rings. The molecule has 6 nitrogen and oxygen atoms in total. The lowest BCUT2D eigenvalue weighted by atomic mass is 10.1. The van der Waals surface area contributed by atoms with Gasteiger partial charge in [0.2, 0.25) is 0 Å². The van der Waals surface area contributed by atoms with E-state index in [0.717, 1.165) is 6.26 Å². The van der Waals surface area contributed by atoms with E-state index in [1.54, 1.807) is 20.8 Å². The fourth-order valence-corrected chi connectivity index (χ4v) is 2.60. The van der Waals surface area contributed by atoms with Gasteiger partial charge in [-0.25, -0.2) is 13.2 Å². The maximum atomic E-state index is 11.6. The van der Waals surface area contributed by atoms with Crippen molar-refractivity contribution in [2.24, 2.45) is 5.92 Å². The predicted molar refractivity (Wildman–Crippen MR) is 66.8 cm³/mol. The summed E-state index contributed by atoms with van der Waals surface area (Å²) >= 11 is 0. The molecule has 0 saturated carbocycles. The van der Waals surface area contributed by atoms with Crippen molar-refractivity contribution in [3.05, 3.63) is 11.0 Å². The number of carboxylic acid groups (broad SMARTS) is 1. The van der Waals surface area contributed by atoms with E-state index >= 15 is 0 Å². The topological polar surface area (TPSA) is 89.9 Å². The van der Waals surface area contributed by atoms with Gasteiger partial charge in [-0.05, 0) is 13.8 Å². The zero-order valence-electron chi connectivity index (χ0n) is 11.0. The second kappa shape index (κ2) is 7.50. The minimum atomic E-state index is -3.62. The molecule has 0 spiro atoms. The van der Waals surface area contributed by atoms with E-state index in [4.69, 9.17) is 14.6 Å². The summed E-state index contributed by atoms with van der Waals surface area (Å²) in [6.45, 7) is 5.75. The van der Waals surface area contributed by atoms with Crippen molar-refractivity contribution < 1.29 is 27.8 Å². The van der Waals surface area contributed by atoms with Crippen LogP contribution in [-0.4, -0.2) is 45.3 Å². The molecular formula is C11H20O6S. The monoisotopic (exact) mass is 280 g/mol. The van der Waals surface area contributed by atoms with Crippen molar-refractivity contribution in [2.45, 2.75) is 27.1 Å². The highest BCUT2D eigenvalue weighted by molar-refractivity contribution is 7.94. The van der Waals surface area contributed by atoms with Gasteiger partial charge >= 0.3 is 5.97 Å².